The van der Waals surface area contributed by atoms with Crippen LogP contribution in [-0.2, 0) is 0 Å². The van der Waals surface area contributed by atoms with Crippen LogP contribution in [-0.4, -0.2) is 34.3 Å². The van der Waals surface area contributed by atoms with E-state index in [1.54, 1.807) is 0 Å². The van der Waals surface area contributed by atoms with Crippen LogP contribution in [0.1, 0.15) is 12.8 Å². The van der Waals surface area contributed by atoms with Gasteiger partial charge in [-0.15, -0.1) is 5.10 Å². The van der Waals surface area contributed by atoms with Crippen LogP contribution in [0, 0.1) is 3.57 Å². The van der Waals surface area contributed by atoms with Gasteiger partial charge in [-0.1, -0.05) is 12.1 Å². The summed E-state index contributed by atoms with van der Waals surface area (Å²) in [6.07, 6.45) is 2.01. The zero-order chi connectivity index (χ0) is 13.2. The molecule has 2 aromatic rings. The average Bonchev–Trinajstić information content (AvgIpc) is 2.89. The van der Waals surface area contributed by atoms with Crippen molar-refractivity contribution in [3.63, 3.8) is 0 Å². The van der Waals surface area contributed by atoms with Gasteiger partial charge in [0.15, 0.2) is 5.82 Å². The highest BCUT2D eigenvalue weighted by molar-refractivity contribution is 14.1. The zero-order valence-electron chi connectivity index (χ0n) is 10.5. The van der Waals surface area contributed by atoms with E-state index in [4.69, 9.17) is 5.73 Å². The standard InChI is InChI=1S/C13H16IN5/c14-10-3-1-2-9(8-10)12-16-13(18-17-12)19-6-4-11(15)5-7-19/h1-3,8,11H,4-7,15H2,(H,16,17,18). The summed E-state index contributed by atoms with van der Waals surface area (Å²) in [5.41, 5.74) is 6.98. The summed E-state index contributed by atoms with van der Waals surface area (Å²) in [4.78, 5) is 6.78. The van der Waals surface area contributed by atoms with Gasteiger partial charge in [-0.25, -0.2) is 0 Å². The van der Waals surface area contributed by atoms with E-state index in [1.807, 2.05) is 12.1 Å². The monoisotopic (exact) mass is 369 g/mol. The number of anilines is 1. The molecule has 1 aliphatic rings. The van der Waals surface area contributed by atoms with Crippen LogP contribution in [0.5, 0.6) is 0 Å². The van der Waals surface area contributed by atoms with Crippen molar-refractivity contribution in [2.45, 2.75) is 18.9 Å². The van der Waals surface area contributed by atoms with E-state index in [2.05, 4.69) is 54.8 Å². The zero-order valence-corrected chi connectivity index (χ0v) is 12.7. The predicted molar refractivity (Wildman–Crippen MR) is 84.0 cm³/mol. The first kappa shape index (κ1) is 12.9. The van der Waals surface area contributed by atoms with E-state index in [9.17, 15) is 0 Å². The molecule has 1 saturated heterocycles. The molecular formula is C13H16IN5. The average molecular weight is 369 g/mol. The lowest BCUT2D eigenvalue weighted by Crippen LogP contribution is -2.40. The third kappa shape index (κ3) is 2.89. The van der Waals surface area contributed by atoms with Crippen LogP contribution in [0.3, 0.4) is 0 Å². The van der Waals surface area contributed by atoms with Crippen LogP contribution in [0.2, 0.25) is 0 Å². The molecule has 0 bridgehead atoms. The molecule has 1 aromatic carbocycles. The van der Waals surface area contributed by atoms with E-state index < -0.39 is 0 Å². The number of rotatable bonds is 2. The lowest BCUT2D eigenvalue weighted by atomic mass is 10.1. The van der Waals surface area contributed by atoms with E-state index in [0.717, 1.165) is 43.3 Å². The number of nitrogens with two attached hydrogens (primary N) is 1. The maximum absolute atomic E-state index is 5.91. The van der Waals surface area contributed by atoms with Crippen LogP contribution in [0.25, 0.3) is 11.4 Å². The molecule has 6 heteroatoms. The van der Waals surface area contributed by atoms with E-state index in [1.165, 1.54) is 3.57 Å². The quantitative estimate of drug-likeness (QED) is 0.795. The summed E-state index contributed by atoms with van der Waals surface area (Å²) in [5.74, 6) is 1.60. The maximum atomic E-state index is 5.91. The van der Waals surface area contributed by atoms with Crippen LogP contribution < -0.4 is 10.6 Å². The molecule has 3 rings (SSSR count). The smallest absolute Gasteiger partial charge is 0.245 e. The highest BCUT2D eigenvalue weighted by Crippen LogP contribution is 2.21. The largest absolute Gasteiger partial charge is 0.339 e. The normalized spacial score (nSPS) is 16.8. The Morgan fingerprint density at radius 1 is 1.32 bits per heavy atom. The van der Waals surface area contributed by atoms with Gasteiger partial charge in [-0.05, 0) is 47.6 Å². The lowest BCUT2D eigenvalue weighted by molar-refractivity contribution is 0.496. The SMILES string of the molecule is NC1CCN(c2n[nH]c(-c3cccc(I)c3)n2)CC1. The first-order chi connectivity index (χ1) is 9.22. The molecule has 2 heterocycles. The number of benzene rings is 1. The van der Waals surface area contributed by atoms with Crippen LogP contribution in [0.4, 0.5) is 5.95 Å². The Morgan fingerprint density at radius 3 is 2.84 bits per heavy atom. The van der Waals surface area contributed by atoms with Crippen molar-refractivity contribution in [2.24, 2.45) is 5.73 Å². The molecule has 1 aromatic heterocycles. The van der Waals surface area contributed by atoms with Gasteiger partial charge in [0.2, 0.25) is 5.95 Å². The minimum atomic E-state index is 0.324. The Morgan fingerprint density at radius 2 is 2.11 bits per heavy atom. The number of aromatic amines is 1. The highest BCUT2D eigenvalue weighted by Gasteiger charge is 2.19. The first-order valence-electron chi connectivity index (χ1n) is 6.41. The number of H-pyrrole nitrogens is 1. The second-order valence-electron chi connectivity index (χ2n) is 4.82. The summed E-state index contributed by atoms with van der Waals surface area (Å²) < 4.78 is 1.19. The molecule has 100 valence electrons. The molecular weight excluding hydrogens is 353 g/mol. The fourth-order valence-electron chi connectivity index (χ4n) is 2.26. The van der Waals surface area contributed by atoms with Crippen molar-refractivity contribution in [3.05, 3.63) is 27.8 Å². The minimum absolute atomic E-state index is 0.324. The first-order valence-corrected chi connectivity index (χ1v) is 7.49. The molecule has 5 nitrogen and oxygen atoms in total. The molecule has 1 aliphatic heterocycles. The summed E-state index contributed by atoms with van der Waals surface area (Å²) >= 11 is 2.30. The highest BCUT2D eigenvalue weighted by atomic mass is 127. The van der Waals surface area contributed by atoms with Gasteiger partial charge < -0.3 is 10.6 Å². The van der Waals surface area contributed by atoms with Crippen LogP contribution >= 0.6 is 22.6 Å². The Hall–Kier alpha value is -1.15. The Balaban J connectivity index is 1.80. The van der Waals surface area contributed by atoms with Gasteiger partial charge >= 0.3 is 0 Å². The van der Waals surface area contributed by atoms with Crippen molar-refractivity contribution in [3.8, 4) is 11.4 Å². The number of halogens is 1. The summed E-state index contributed by atoms with van der Waals surface area (Å²) in [5, 5.41) is 7.34. The fourth-order valence-corrected chi connectivity index (χ4v) is 2.80. The van der Waals surface area contributed by atoms with Crippen molar-refractivity contribution in [1.29, 1.82) is 0 Å². The molecule has 0 spiro atoms. The number of nitrogens with zero attached hydrogens (tertiary/aromatic N) is 3. The molecule has 0 saturated carbocycles. The van der Waals surface area contributed by atoms with Gasteiger partial charge in [0.25, 0.3) is 0 Å². The molecule has 0 atom stereocenters. The second-order valence-corrected chi connectivity index (χ2v) is 6.06. The summed E-state index contributed by atoms with van der Waals surface area (Å²) in [6, 6.07) is 8.55. The molecule has 0 aliphatic carbocycles. The van der Waals surface area contributed by atoms with Crippen molar-refractivity contribution >= 4 is 28.5 Å². The molecule has 19 heavy (non-hydrogen) atoms. The van der Waals surface area contributed by atoms with Crippen LogP contribution in [0.15, 0.2) is 24.3 Å². The second kappa shape index (κ2) is 5.46. The lowest BCUT2D eigenvalue weighted by Gasteiger charge is -2.28. The van der Waals surface area contributed by atoms with E-state index in [-0.39, 0.29) is 0 Å². The van der Waals surface area contributed by atoms with Gasteiger partial charge in [0, 0.05) is 28.3 Å². The molecule has 0 radical (unpaired) electrons. The number of aromatic nitrogens is 3. The number of nitrogens with one attached hydrogen (secondary N) is 1. The van der Waals surface area contributed by atoms with Gasteiger partial charge in [0.1, 0.15) is 0 Å². The maximum Gasteiger partial charge on any atom is 0.245 e. The van der Waals surface area contributed by atoms with Crippen molar-refractivity contribution in [1.82, 2.24) is 15.2 Å². The third-order valence-corrected chi connectivity index (χ3v) is 4.07. The Labute approximate surface area is 125 Å². The van der Waals surface area contributed by atoms with Crippen molar-refractivity contribution in [2.75, 3.05) is 18.0 Å². The van der Waals surface area contributed by atoms with Gasteiger partial charge in [0.05, 0.1) is 0 Å². The molecule has 0 amide bonds. The Kier molecular flexibility index (Phi) is 3.69. The number of hydrogen-bond donors (Lipinski definition) is 2. The number of hydrogen-bond acceptors (Lipinski definition) is 4. The van der Waals surface area contributed by atoms with E-state index in [0.29, 0.717) is 6.04 Å². The van der Waals surface area contributed by atoms with Gasteiger partial charge in [-0.2, -0.15) is 4.98 Å². The summed E-state index contributed by atoms with van der Waals surface area (Å²) in [7, 11) is 0. The topological polar surface area (TPSA) is 70.8 Å². The Bertz CT molecular complexity index is 560. The molecule has 3 N–H and O–H groups in total. The fraction of sp³-hybridized carbons (Fsp3) is 0.385. The molecule has 0 unspecified atom stereocenters. The summed E-state index contributed by atoms with van der Waals surface area (Å²) in [6.45, 7) is 1.87. The predicted octanol–water partition coefficient (Wildman–Crippen LogP) is 2.00. The van der Waals surface area contributed by atoms with E-state index >= 15 is 0 Å². The minimum Gasteiger partial charge on any atom is -0.339 e. The van der Waals surface area contributed by atoms with Crippen molar-refractivity contribution < 1.29 is 0 Å². The third-order valence-electron chi connectivity index (χ3n) is 3.39. The van der Waals surface area contributed by atoms with Gasteiger partial charge in [-0.3, -0.25) is 5.10 Å². The number of piperidine rings is 1. The molecule has 1 fully saturated rings.